The number of aliphatic hydroxyl groups is 1. The molecular weight excluding hydrogens is 403 g/mol. The molecule has 1 aromatic heterocycles. The quantitative estimate of drug-likeness (QED) is 0.618. The van der Waals surface area contributed by atoms with Gasteiger partial charge in [0.2, 0.25) is 0 Å². The van der Waals surface area contributed by atoms with Crippen molar-refractivity contribution in [2.24, 2.45) is 5.73 Å². The summed E-state index contributed by atoms with van der Waals surface area (Å²) in [7, 11) is 0. The maximum atomic E-state index is 13.0. The van der Waals surface area contributed by atoms with E-state index in [4.69, 9.17) is 16.2 Å². The monoisotopic (exact) mass is 427 g/mol. The van der Waals surface area contributed by atoms with Crippen LogP contribution in [0.15, 0.2) is 30.6 Å². The van der Waals surface area contributed by atoms with E-state index < -0.39 is 23.8 Å². The van der Waals surface area contributed by atoms with Gasteiger partial charge in [-0.3, -0.25) is 4.79 Å². The maximum absolute atomic E-state index is 13.0. The minimum atomic E-state index is -4.52. The molecule has 1 aliphatic rings. The number of anilines is 1. The number of β-amino-alcohol motifs (C(OH)–C–C–N with tert-alkyl or cyclic N) is 1. The first-order chi connectivity index (χ1) is 14.2. The molecule has 0 saturated carbocycles. The molecule has 5 N–H and O–H groups in total. The van der Waals surface area contributed by atoms with Crippen LogP contribution in [0, 0.1) is 0 Å². The van der Waals surface area contributed by atoms with E-state index in [0.29, 0.717) is 25.9 Å². The van der Waals surface area contributed by atoms with Crippen molar-refractivity contribution in [3.8, 4) is 5.75 Å². The van der Waals surface area contributed by atoms with Gasteiger partial charge in [0.25, 0.3) is 5.91 Å². The van der Waals surface area contributed by atoms with Gasteiger partial charge in [0.15, 0.2) is 5.69 Å². The van der Waals surface area contributed by atoms with Gasteiger partial charge < -0.3 is 30.8 Å². The van der Waals surface area contributed by atoms with Gasteiger partial charge in [0.05, 0.1) is 11.9 Å². The third kappa shape index (κ3) is 5.03. The summed E-state index contributed by atoms with van der Waals surface area (Å²) in [6.07, 6.45) is -2.54. The second-order valence-electron chi connectivity index (χ2n) is 7.24. The molecule has 1 atom stereocenters. The van der Waals surface area contributed by atoms with Crippen LogP contribution in [0.2, 0.25) is 0 Å². The first-order valence-electron chi connectivity index (χ1n) is 9.48. The number of carbonyl (C=O) groups is 1. The van der Waals surface area contributed by atoms with Crippen molar-refractivity contribution in [1.82, 2.24) is 14.5 Å². The topological polar surface area (TPSA) is 120 Å². The molecule has 1 unspecified atom stereocenters. The molecule has 11 heteroatoms. The normalized spacial score (nSPS) is 17.1. The van der Waals surface area contributed by atoms with Gasteiger partial charge in [-0.15, -0.1) is 0 Å². The van der Waals surface area contributed by atoms with Crippen LogP contribution in [0.25, 0.3) is 0 Å². The van der Waals surface area contributed by atoms with Crippen LogP contribution < -0.4 is 16.2 Å². The lowest BCUT2D eigenvalue weighted by Gasteiger charge is -2.34. The lowest BCUT2D eigenvalue weighted by Crippen LogP contribution is -2.41. The summed E-state index contributed by atoms with van der Waals surface area (Å²) in [5, 5.41) is 10.2. The lowest BCUT2D eigenvalue weighted by molar-refractivity contribution is -0.139. The molecule has 2 heterocycles. The zero-order chi connectivity index (χ0) is 21.9. The number of nitrogen functional groups attached to an aromatic ring is 1. The maximum Gasteiger partial charge on any atom is 0.419 e. The largest absolute Gasteiger partial charge is 0.490 e. The first kappa shape index (κ1) is 21.9. The van der Waals surface area contributed by atoms with E-state index in [0.717, 1.165) is 6.07 Å². The number of nitrogens with two attached hydrogens (primary N) is 2. The fourth-order valence-corrected chi connectivity index (χ4v) is 3.59. The average Bonchev–Trinajstić information content (AvgIpc) is 3.08. The van der Waals surface area contributed by atoms with Crippen molar-refractivity contribution in [2.75, 3.05) is 32.0 Å². The molecule has 1 aliphatic heterocycles. The van der Waals surface area contributed by atoms with Crippen molar-refractivity contribution in [1.29, 1.82) is 0 Å². The van der Waals surface area contributed by atoms with E-state index in [-0.39, 0.29) is 36.5 Å². The predicted octanol–water partition coefficient (Wildman–Crippen LogP) is 1.66. The van der Waals surface area contributed by atoms with Crippen LogP contribution in [0.3, 0.4) is 0 Å². The molecule has 1 aromatic carbocycles. The number of nitrogens with zero attached hydrogens (tertiary/aromatic N) is 3. The second-order valence-corrected chi connectivity index (χ2v) is 7.24. The highest BCUT2D eigenvalue weighted by atomic mass is 19.4. The van der Waals surface area contributed by atoms with E-state index in [1.807, 2.05) is 4.90 Å². The summed E-state index contributed by atoms with van der Waals surface area (Å²) in [6, 6.07) is 4.96. The Labute approximate surface area is 171 Å². The number of aromatic nitrogens is 2. The fourth-order valence-electron chi connectivity index (χ4n) is 3.59. The van der Waals surface area contributed by atoms with E-state index in [1.165, 1.54) is 24.5 Å². The number of alkyl halides is 3. The average molecular weight is 427 g/mol. The summed E-state index contributed by atoms with van der Waals surface area (Å²) in [6.45, 7) is 1.31. The van der Waals surface area contributed by atoms with Crippen LogP contribution in [0.4, 0.5) is 19.0 Å². The minimum absolute atomic E-state index is 0.0455. The fraction of sp³-hybridized carbons (Fsp3) is 0.474. The van der Waals surface area contributed by atoms with Crippen LogP contribution in [-0.4, -0.2) is 57.8 Å². The molecule has 0 bridgehead atoms. The predicted molar refractivity (Wildman–Crippen MR) is 103 cm³/mol. The standard InChI is InChI=1S/C19H24F3N5O3/c20-19(21,22)14-3-1-2-4-15(14)30-10-13(28)9-26-7-5-12(6-8-26)27-11-25-16(17(27)23)18(24)29/h1-4,11-13,28H,5-10,23H2,(H2,24,29). The number of imidazole rings is 1. The number of aliphatic hydroxyl groups excluding tert-OH is 1. The van der Waals surface area contributed by atoms with Gasteiger partial charge >= 0.3 is 6.18 Å². The van der Waals surface area contributed by atoms with E-state index >= 15 is 0 Å². The smallest absolute Gasteiger partial charge is 0.419 e. The number of hydrogen-bond donors (Lipinski definition) is 3. The third-order valence-electron chi connectivity index (χ3n) is 5.11. The highest BCUT2D eigenvalue weighted by Gasteiger charge is 2.34. The van der Waals surface area contributed by atoms with Gasteiger partial charge in [-0.2, -0.15) is 13.2 Å². The molecule has 0 spiro atoms. The minimum Gasteiger partial charge on any atom is -0.490 e. The van der Waals surface area contributed by atoms with Crippen molar-refractivity contribution in [3.05, 3.63) is 41.9 Å². The Kier molecular flexibility index (Phi) is 6.52. The Morgan fingerprint density at radius 3 is 2.57 bits per heavy atom. The number of halogens is 3. The van der Waals surface area contributed by atoms with Gasteiger partial charge in [-0.05, 0) is 25.0 Å². The Bertz CT molecular complexity index is 879. The Hall–Kier alpha value is -2.79. The summed E-state index contributed by atoms with van der Waals surface area (Å²) < 4.78 is 46.0. The van der Waals surface area contributed by atoms with Gasteiger partial charge in [0.1, 0.15) is 24.3 Å². The van der Waals surface area contributed by atoms with Crippen molar-refractivity contribution < 1.29 is 27.8 Å². The summed E-state index contributed by atoms with van der Waals surface area (Å²) in [5.74, 6) is -0.750. The zero-order valence-electron chi connectivity index (χ0n) is 16.2. The van der Waals surface area contributed by atoms with Gasteiger partial charge in [0, 0.05) is 25.7 Å². The van der Waals surface area contributed by atoms with Crippen molar-refractivity contribution in [3.63, 3.8) is 0 Å². The van der Waals surface area contributed by atoms with Crippen LogP contribution in [-0.2, 0) is 6.18 Å². The van der Waals surface area contributed by atoms with E-state index in [9.17, 15) is 23.1 Å². The van der Waals surface area contributed by atoms with Crippen molar-refractivity contribution >= 4 is 11.7 Å². The molecular formula is C19H24F3N5O3. The number of rotatable bonds is 7. The molecule has 1 saturated heterocycles. The number of piperidine rings is 1. The number of hydrogen-bond acceptors (Lipinski definition) is 6. The molecule has 3 rings (SSSR count). The summed E-state index contributed by atoms with van der Waals surface area (Å²) >= 11 is 0. The Morgan fingerprint density at radius 1 is 1.30 bits per heavy atom. The molecule has 2 aromatic rings. The lowest BCUT2D eigenvalue weighted by atomic mass is 10.0. The molecule has 0 aliphatic carbocycles. The zero-order valence-corrected chi connectivity index (χ0v) is 16.2. The third-order valence-corrected chi connectivity index (χ3v) is 5.11. The van der Waals surface area contributed by atoms with Crippen molar-refractivity contribution in [2.45, 2.75) is 31.2 Å². The second kappa shape index (κ2) is 8.92. The Morgan fingerprint density at radius 2 is 1.97 bits per heavy atom. The first-order valence-corrected chi connectivity index (χ1v) is 9.48. The van der Waals surface area contributed by atoms with Crippen LogP contribution in [0.1, 0.15) is 34.9 Å². The number of ether oxygens (including phenoxy) is 1. The number of benzene rings is 1. The summed E-state index contributed by atoms with van der Waals surface area (Å²) in [5.41, 5.74) is 10.3. The Balaban J connectivity index is 1.49. The number of likely N-dealkylation sites (tertiary alicyclic amines) is 1. The summed E-state index contributed by atoms with van der Waals surface area (Å²) in [4.78, 5) is 17.2. The number of primary amides is 1. The van der Waals surface area contributed by atoms with Gasteiger partial charge in [-0.25, -0.2) is 4.98 Å². The van der Waals surface area contributed by atoms with Crippen LogP contribution in [0.5, 0.6) is 5.75 Å². The number of amides is 1. The molecule has 1 amide bonds. The molecule has 30 heavy (non-hydrogen) atoms. The van der Waals surface area contributed by atoms with E-state index in [2.05, 4.69) is 4.98 Å². The van der Waals surface area contributed by atoms with Gasteiger partial charge in [-0.1, -0.05) is 12.1 Å². The molecule has 164 valence electrons. The number of para-hydroxylation sites is 1. The van der Waals surface area contributed by atoms with Crippen LogP contribution >= 0.6 is 0 Å². The van der Waals surface area contributed by atoms with E-state index in [1.54, 1.807) is 4.57 Å². The molecule has 0 radical (unpaired) electrons. The molecule has 8 nitrogen and oxygen atoms in total. The highest BCUT2D eigenvalue weighted by Crippen LogP contribution is 2.36. The highest BCUT2D eigenvalue weighted by molar-refractivity contribution is 5.95. The molecule has 1 fully saturated rings. The SMILES string of the molecule is NC(=O)c1ncn(C2CCN(CC(O)COc3ccccc3C(F)(F)F)CC2)c1N. The number of carbonyl (C=O) groups excluding carboxylic acids is 1.